The molecule has 1 aliphatic heterocycles. The summed E-state index contributed by atoms with van der Waals surface area (Å²) in [5.74, 6) is 0.747. The molecule has 2 heterocycles. The molecule has 0 amide bonds. The minimum atomic E-state index is -4.37. The van der Waals surface area contributed by atoms with E-state index in [4.69, 9.17) is 4.74 Å². The van der Waals surface area contributed by atoms with Crippen LogP contribution in [0.1, 0.15) is 29.7 Å². The molecule has 0 saturated carbocycles. The molecule has 0 aliphatic carbocycles. The minimum absolute atomic E-state index is 0.425. The maximum atomic E-state index is 13.0. The van der Waals surface area contributed by atoms with Crippen LogP contribution in [0.5, 0.6) is 0 Å². The lowest BCUT2D eigenvalue weighted by Gasteiger charge is -2.35. The van der Waals surface area contributed by atoms with E-state index in [0.29, 0.717) is 38.3 Å². The Bertz CT molecular complexity index is 811. The lowest BCUT2D eigenvalue weighted by Crippen LogP contribution is -2.48. The molecule has 29 heavy (non-hydrogen) atoms. The zero-order chi connectivity index (χ0) is 20.7. The van der Waals surface area contributed by atoms with Crippen LogP contribution in [-0.4, -0.2) is 48.6 Å². The summed E-state index contributed by atoms with van der Waals surface area (Å²) in [5.41, 5.74) is 0.972. The first-order valence-electron chi connectivity index (χ1n) is 9.68. The third-order valence-electron chi connectivity index (χ3n) is 4.67. The predicted molar refractivity (Wildman–Crippen MR) is 106 cm³/mol. The topological polar surface area (TPSA) is 49.8 Å². The van der Waals surface area contributed by atoms with Gasteiger partial charge in [-0.25, -0.2) is 0 Å². The lowest BCUT2D eigenvalue weighted by molar-refractivity contribution is -0.137. The number of morpholine rings is 1. The van der Waals surface area contributed by atoms with Crippen LogP contribution >= 0.6 is 0 Å². The number of benzene rings is 1. The number of hydrogen-bond donors (Lipinski definition) is 1. The average molecular weight is 406 g/mol. The Kier molecular flexibility index (Phi) is 7.09. The van der Waals surface area contributed by atoms with Crippen molar-refractivity contribution >= 4 is 5.96 Å². The van der Waals surface area contributed by atoms with Crippen molar-refractivity contribution in [2.24, 2.45) is 4.99 Å². The molecule has 1 atom stereocenters. The van der Waals surface area contributed by atoms with Gasteiger partial charge in [-0.1, -0.05) is 18.2 Å². The second-order valence-electron chi connectivity index (χ2n) is 6.78. The zero-order valence-corrected chi connectivity index (χ0v) is 16.3. The van der Waals surface area contributed by atoms with Crippen LogP contribution < -0.4 is 5.32 Å². The van der Waals surface area contributed by atoms with Gasteiger partial charge < -0.3 is 15.0 Å². The molecular formula is C21H25F3N4O. The number of guanidine groups is 1. The number of pyridine rings is 1. The number of aromatic nitrogens is 1. The summed E-state index contributed by atoms with van der Waals surface area (Å²) in [7, 11) is 0. The van der Waals surface area contributed by atoms with Crippen molar-refractivity contribution in [3.05, 3.63) is 65.5 Å². The first-order chi connectivity index (χ1) is 14.0. The van der Waals surface area contributed by atoms with E-state index in [9.17, 15) is 13.2 Å². The summed E-state index contributed by atoms with van der Waals surface area (Å²) in [6.07, 6.45) is -0.482. The average Bonchev–Trinajstić information content (AvgIpc) is 2.73. The standard InChI is InChI=1S/C21H25F3N4O/c1-2-26-20(27-10-8-16-5-4-9-25-14-16)28-11-12-29-19(15-28)17-6-3-7-18(13-17)21(22,23)24/h3-7,9,13-14,19H,2,8,10-12,15H2,1H3,(H,26,27). The molecule has 0 radical (unpaired) electrons. The molecular weight excluding hydrogens is 381 g/mol. The van der Waals surface area contributed by atoms with Crippen molar-refractivity contribution < 1.29 is 17.9 Å². The molecule has 1 saturated heterocycles. The Labute approximate surface area is 168 Å². The maximum absolute atomic E-state index is 13.0. The molecule has 5 nitrogen and oxygen atoms in total. The lowest BCUT2D eigenvalue weighted by atomic mass is 10.0. The van der Waals surface area contributed by atoms with Crippen LogP contribution in [0.3, 0.4) is 0 Å². The summed E-state index contributed by atoms with van der Waals surface area (Å²) >= 11 is 0. The molecule has 3 rings (SSSR count). The number of alkyl halides is 3. The first-order valence-corrected chi connectivity index (χ1v) is 9.68. The highest BCUT2D eigenvalue weighted by molar-refractivity contribution is 5.80. The maximum Gasteiger partial charge on any atom is 0.416 e. The molecule has 1 fully saturated rings. The van der Waals surface area contributed by atoms with Crippen LogP contribution in [-0.2, 0) is 17.3 Å². The van der Waals surface area contributed by atoms with Gasteiger partial charge in [-0.3, -0.25) is 9.98 Å². The normalized spacial score (nSPS) is 18.0. The van der Waals surface area contributed by atoms with Crippen LogP contribution in [0.4, 0.5) is 13.2 Å². The van der Waals surface area contributed by atoms with Crippen molar-refractivity contribution in [2.75, 3.05) is 32.8 Å². The second kappa shape index (κ2) is 9.73. The zero-order valence-electron chi connectivity index (χ0n) is 16.3. The number of rotatable bonds is 5. The quantitative estimate of drug-likeness (QED) is 0.608. The third kappa shape index (κ3) is 5.93. The fraction of sp³-hybridized carbons (Fsp3) is 0.429. The number of nitrogens with zero attached hydrogens (tertiary/aromatic N) is 3. The smallest absolute Gasteiger partial charge is 0.370 e. The highest BCUT2D eigenvalue weighted by Gasteiger charge is 2.32. The van der Waals surface area contributed by atoms with E-state index in [0.717, 1.165) is 24.0 Å². The summed E-state index contributed by atoms with van der Waals surface area (Å²) < 4.78 is 44.9. The van der Waals surface area contributed by atoms with Gasteiger partial charge in [0.15, 0.2) is 5.96 Å². The van der Waals surface area contributed by atoms with Gasteiger partial charge in [0, 0.05) is 32.0 Å². The van der Waals surface area contributed by atoms with E-state index < -0.39 is 17.8 Å². The summed E-state index contributed by atoms with van der Waals surface area (Å²) in [6.45, 7) is 4.79. The number of ether oxygens (including phenoxy) is 1. The fourth-order valence-electron chi connectivity index (χ4n) is 3.22. The van der Waals surface area contributed by atoms with Crippen molar-refractivity contribution in [1.29, 1.82) is 0 Å². The Hall–Kier alpha value is -2.61. The van der Waals surface area contributed by atoms with Crippen LogP contribution in [0.25, 0.3) is 0 Å². The molecule has 1 N–H and O–H groups in total. The molecule has 2 aromatic rings. The van der Waals surface area contributed by atoms with Gasteiger partial charge in [0.2, 0.25) is 0 Å². The fourth-order valence-corrected chi connectivity index (χ4v) is 3.22. The Morgan fingerprint density at radius 2 is 2.17 bits per heavy atom. The Morgan fingerprint density at radius 3 is 2.90 bits per heavy atom. The largest absolute Gasteiger partial charge is 0.416 e. The van der Waals surface area contributed by atoms with E-state index in [-0.39, 0.29) is 0 Å². The Morgan fingerprint density at radius 1 is 1.31 bits per heavy atom. The van der Waals surface area contributed by atoms with E-state index in [2.05, 4.69) is 15.3 Å². The summed E-state index contributed by atoms with van der Waals surface area (Å²) in [5, 5.41) is 3.27. The van der Waals surface area contributed by atoms with Gasteiger partial charge in [0.05, 0.1) is 18.7 Å². The highest BCUT2D eigenvalue weighted by Crippen LogP contribution is 2.32. The predicted octanol–water partition coefficient (Wildman–Crippen LogP) is 3.68. The van der Waals surface area contributed by atoms with E-state index >= 15 is 0 Å². The number of hydrogen-bond acceptors (Lipinski definition) is 3. The van der Waals surface area contributed by atoms with Gasteiger partial charge in [0.1, 0.15) is 6.10 Å². The minimum Gasteiger partial charge on any atom is -0.370 e. The first kappa shape index (κ1) is 21.1. The van der Waals surface area contributed by atoms with E-state index in [1.165, 1.54) is 12.1 Å². The van der Waals surface area contributed by atoms with Gasteiger partial charge in [-0.15, -0.1) is 0 Å². The third-order valence-corrected chi connectivity index (χ3v) is 4.67. The van der Waals surface area contributed by atoms with Crippen LogP contribution in [0.2, 0.25) is 0 Å². The molecule has 1 aromatic heterocycles. The SMILES string of the molecule is CCNC(=NCCc1cccnc1)N1CCOC(c2cccc(C(F)(F)F)c2)C1. The second-order valence-corrected chi connectivity index (χ2v) is 6.78. The van der Waals surface area contributed by atoms with Gasteiger partial charge in [-0.2, -0.15) is 13.2 Å². The van der Waals surface area contributed by atoms with Crippen LogP contribution in [0.15, 0.2) is 53.8 Å². The van der Waals surface area contributed by atoms with Crippen molar-refractivity contribution in [3.8, 4) is 0 Å². The van der Waals surface area contributed by atoms with Crippen molar-refractivity contribution in [3.63, 3.8) is 0 Å². The van der Waals surface area contributed by atoms with Gasteiger partial charge in [0.25, 0.3) is 0 Å². The molecule has 1 aliphatic rings. The van der Waals surface area contributed by atoms with Crippen molar-refractivity contribution in [1.82, 2.24) is 15.2 Å². The number of nitrogens with one attached hydrogen (secondary N) is 1. The molecule has 156 valence electrons. The van der Waals surface area contributed by atoms with Gasteiger partial charge in [-0.05, 0) is 42.7 Å². The molecule has 0 spiro atoms. The van der Waals surface area contributed by atoms with E-state index in [1.54, 1.807) is 12.3 Å². The molecule has 1 aromatic carbocycles. The molecule has 8 heteroatoms. The molecule has 1 unspecified atom stereocenters. The Balaban J connectivity index is 1.69. The summed E-state index contributed by atoms with van der Waals surface area (Å²) in [4.78, 5) is 10.8. The van der Waals surface area contributed by atoms with Crippen molar-refractivity contribution in [2.45, 2.75) is 25.6 Å². The number of halogens is 3. The van der Waals surface area contributed by atoms with E-state index in [1.807, 2.05) is 30.2 Å². The van der Waals surface area contributed by atoms with Crippen LogP contribution in [0, 0.1) is 0 Å². The summed E-state index contributed by atoms with van der Waals surface area (Å²) in [6, 6.07) is 9.25. The highest BCUT2D eigenvalue weighted by atomic mass is 19.4. The van der Waals surface area contributed by atoms with Gasteiger partial charge >= 0.3 is 6.18 Å². The number of aliphatic imine (C=N–C) groups is 1. The molecule has 0 bridgehead atoms. The monoisotopic (exact) mass is 406 g/mol.